The Labute approximate surface area is 144 Å². The monoisotopic (exact) mass is 342 g/mol. The number of nitrogens with one attached hydrogen (secondary N) is 1. The van der Waals surface area contributed by atoms with Crippen LogP contribution in [-0.4, -0.2) is 49.3 Å². The first-order valence-corrected chi connectivity index (χ1v) is 7.80. The second kappa shape index (κ2) is 9.11. The maximum atomic E-state index is 11.4. The Morgan fingerprint density at radius 2 is 2.00 bits per heavy atom. The lowest BCUT2D eigenvalue weighted by molar-refractivity contribution is -0.147. The summed E-state index contributed by atoms with van der Waals surface area (Å²) < 4.78 is 10.2. The Balaban J connectivity index is 0.00000264. The average molecular weight is 343 g/mol. The van der Waals surface area contributed by atoms with Crippen LogP contribution in [0, 0.1) is 0 Å². The molecule has 0 aromatic heterocycles. The van der Waals surface area contributed by atoms with Crippen molar-refractivity contribution in [3.63, 3.8) is 0 Å². The van der Waals surface area contributed by atoms with Gasteiger partial charge in [0.25, 0.3) is 0 Å². The van der Waals surface area contributed by atoms with Crippen LogP contribution in [0.25, 0.3) is 0 Å². The lowest BCUT2D eigenvalue weighted by atomic mass is 10.1. The molecule has 1 aromatic rings. The largest absolute Gasteiger partial charge is 0.479 e. The Bertz CT molecular complexity index is 495. The van der Waals surface area contributed by atoms with E-state index in [-0.39, 0.29) is 18.4 Å². The topological polar surface area (TPSA) is 50.8 Å². The molecule has 0 spiro atoms. The van der Waals surface area contributed by atoms with E-state index in [0.717, 1.165) is 19.6 Å². The molecule has 5 nitrogen and oxygen atoms in total. The van der Waals surface area contributed by atoms with Crippen LogP contribution < -0.4 is 10.1 Å². The van der Waals surface area contributed by atoms with Crippen molar-refractivity contribution in [3.8, 4) is 5.75 Å². The molecular formula is C17H27ClN2O3. The van der Waals surface area contributed by atoms with E-state index < -0.39 is 6.10 Å². The second-order valence-electron chi connectivity index (χ2n) is 6.01. The van der Waals surface area contributed by atoms with E-state index in [9.17, 15) is 4.79 Å². The normalized spacial score (nSPS) is 22.8. The highest BCUT2D eigenvalue weighted by atomic mass is 35.5. The first-order valence-electron chi connectivity index (χ1n) is 7.80. The fourth-order valence-electron chi connectivity index (χ4n) is 2.64. The predicted molar refractivity (Wildman–Crippen MR) is 93.1 cm³/mol. The number of carbonyl (C=O) groups excluding carboxylic acids is 1. The molecule has 6 heteroatoms. The SMILES string of the molecule is COC(=O)C(C)Oc1ccc(CN2CC(C)NCC2C)cc1.Cl. The Kier molecular flexibility index (Phi) is 7.82. The summed E-state index contributed by atoms with van der Waals surface area (Å²) in [5.74, 6) is 0.316. The molecule has 3 unspecified atom stereocenters. The van der Waals surface area contributed by atoms with Crippen molar-refractivity contribution in [1.82, 2.24) is 10.2 Å². The second-order valence-corrected chi connectivity index (χ2v) is 6.01. The van der Waals surface area contributed by atoms with Crippen LogP contribution in [0.1, 0.15) is 26.3 Å². The van der Waals surface area contributed by atoms with Gasteiger partial charge in [0.1, 0.15) is 5.75 Å². The highest BCUT2D eigenvalue weighted by Gasteiger charge is 2.22. The van der Waals surface area contributed by atoms with Crippen LogP contribution in [0.4, 0.5) is 0 Å². The minimum absolute atomic E-state index is 0. The Morgan fingerprint density at radius 1 is 1.35 bits per heavy atom. The summed E-state index contributed by atoms with van der Waals surface area (Å²) in [6.07, 6.45) is -0.593. The molecule has 1 aromatic carbocycles. The smallest absolute Gasteiger partial charge is 0.346 e. The number of nitrogens with zero attached hydrogens (tertiary/aromatic N) is 1. The van der Waals surface area contributed by atoms with Gasteiger partial charge in [-0.1, -0.05) is 12.1 Å². The number of piperazine rings is 1. The summed E-state index contributed by atoms with van der Waals surface area (Å²) in [6.45, 7) is 9.15. The van der Waals surface area contributed by atoms with Crippen molar-refractivity contribution in [2.75, 3.05) is 20.2 Å². The van der Waals surface area contributed by atoms with Crippen LogP contribution in [0.5, 0.6) is 5.75 Å². The molecule has 130 valence electrons. The summed E-state index contributed by atoms with van der Waals surface area (Å²) in [6, 6.07) is 8.99. The molecular weight excluding hydrogens is 316 g/mol. The first kappa shape index (κ1) is 19.7. The molecule has 2 rings (SSSR count). The van der Waals surface area contributed by atoms with E-state index >= 15 is 0 Å². The predicted octanol–water partition coefficient (Wildman–Crippen LogP) is 2.23. The summed E-state index contributed by atoms with van der Waals surface area (Å²) in [5.41, 5.74) is 1.25. The Morgan fingerprint density at radius 3 is 2.61 bits per heavy atom. The number of hydrogen-bond donors (Lipinski definition) is 1. The minimum atomic E-state index is -0.593. The van der Waals surface area contributed by atoms with E-state index in [0.29, 0.717) is 17.8 Å². The molecule has 0 radical (unpaired) electrons. The van der Waals surface area contributed by atoms with E-state index in [1.54, 1.807) is 6.92 Å². The molecule has 1 fully saturated rings. The minimum Gasteiger partial charge on any atom is -0.479 e. The Hall–Kier alpha value is -1.30. The lowest BCUT2D eigenvalue weighted by Crippen LogP contribution is -2.53. The standard InChI is InChI=1S/C17H26N2O3.ClH/c1-12-10-19(13(2)9-18-12)11-15-5-7-16(8-6-15)22-14(3)17(20)21-4;/h5-8,12-14,18H,9-11H2,1-4H3;1H. The molecule has 0 aliphatic carbocycles. The van der Waals surface area contributed by atoms with Crippen molar-refractivity contribution in [2.24, 2.45) is 0 Å². The number of halogens is 1. The van der Waals surface area contributed by atoms with Gasteiger partial charge in [-0.15, -0.1) is 12.4 Å². The van der Waals surface area contributed by atoms with Crippen LogP contribution in [0.15, 0.2) is 24.3 Å². The summed E-state index contributed by atoms with van der Waals surface area (Å²) in [4.78, 5) is 13.8. The number of hydrogen-bond acceptors (Lipinski definition) is 5. The van der Waals surface area contributed by atoms with Crippen LogP contribution in [0.3, 0.4) is 0 Å². The first-order chi connectivity index (χ1) is 10.5. The zero-order chi connectivity index (χ0) is 16.1. The number of rotatable bonds is 5. The molecule has 23 heavy (non-hydrogen) atoms. The van der Waals surface area contributed by atoms with Gasteiger partial charge in [-0.3, -0.25) is 4.90 Å². The molecule has 0 bridgehead atoms. The fourth-order valence-corrected chi connectivity index (χ4v) is 2.64. The number of carbonyl (C=O) groups is 1. The average Bonchev–Trinajstić information content (AvgIpc) is 2.52. The van der Waals surface area contributed by atoms with Gasteiger partial charge >= 0.3 is 5.97 Å². The molecule has 0 saturated carbocycles. The summed E-state index contributed by atoms with van der Waals surface area (Å²) >= 11 is 0. The van der Waals surface area contributed by atoms with Crippen molar-refractivity contribution < 1.29 is 14.3 Å². The van der Waals surface area contributed by atoms with Crippen molar-refractivity contribution in [3.05, 3.63) is 29.8 Å². The molecule has 0 amide bonds. The molecule has 1 N–H and O–H groups in total. The van der Waals surface area contributed by atoms with Gasteiger partial charge < -0.3 is 14.8 Å². The van der Waals surface area contributed by atoms with Gasteiger partial charge in [-0.2, -0.15) is 0 Å². The number of methoxy groups -OCH3 is 1. The summed E-state index contributed by atoms with van der Waals surface area (Å²) in [7, 11) is 1.36. The zero-order valence-electron chi connectivity index (χ0n) is 14.2. The van der Waals surface area contributed by atoms with E-state index in [4.69, 9.17) is 4.74 Å². The third-order valence-corrected chi connectivity index (χ3v) is 4.05. The van der Waals surface area contributed by atoms with Gasteiger partial charge in [0.15, 0.2) is 6.10 Å². The fraction of sp³-hybridized carbons (Fsp3) is 0.588. The van der Waals surface area contributed by atoms with Crippen LogP contribution in [0.2, 0.25) is 0 Å². The lowest BCUT2D eigenvalue weighted by Gasteiger charge is -2.37. The van der Waals surface area contributed by atoms with Gasteiger partial charge in [0, 0.05) is 31.7 Å². The molecule has 1 heterocycles. The van der Waals surface area contributed by atoms with Gasteiger partial charge in [0.2, 0.25) is 0 Å². The van der Waals surface area contributed by atoms with E-state index in [1.165, 1.54) is 12.7 Å². The highest BCUT2D eigenvalue weighted by Crippen LogP contribution is 2.17. The summed E-state index contributed by atoms with van der Waals surface area (Å²) in [5, 5.41) is 3.49. The van der Waals surface area contributed by atoms with Gasteiger partial charge in [-0.25, -0.2) is 4.79 Å². The molecule has 1 aliphatic rings. The van der Waals surface area contributed by atoms with Gasteiger partial charge in [-0.05, 0) is 38.5 Å². The maximum Gasteiger partial charge on any atom is 0.346 e. The van der Waals surface area contributed by atoms with Crippen molar-refractivity contribution >= 4 is 18.4 Å². The van der Waals surface area contributed by atoms with Crippen molar-refractivity contribution in [2.45, 2.75) is 45.5 Å². The number of esters is 1. The van der Waals surface area contributed by atoms with E-state index in [1.807, 2.05) is 12.1 Å². The van der Waals surface area contributed by atoms with E-state index in [2.05, 4.69) is 40.9 Å². The highest BCUT2D eigenvalue weighted by molar-refractivity contribution is 5.85. The van der Waals surface area contributed by atoms with Crippen LogP contribution in [-0.2, 0) is 16.1 Å². The maximum absolute atomic E-state index is 11.4. The third kappa shape index (κ3) is 5.68. The molecule has 1 aliphatic heterocycles. The van der Waals surface area contributed by atoms with Gasteiger partial charge in [0.05, 0.1) is 7.11 Å². The molecule has 1 saturated heterocycles. The number of ether oxygens (including phenoxy) is 2. The quantitative estimate of drug-likeness (QED) is 0.832. The third-order valence-electron chi connectivity index (χ3n) is 4.05. The number of benzene rings is 1. The van der Waals surface area contributed by atoms with Crippen LogP contribution >= 0.6 is 12.4 Å². The molecule has 3 atom stereocenters. The zero-order valence-corrected chi connectivity index (χ0v) is 15.1. The van der Waals surface area contributed by atoms with Crippen molar-refractivity contribution in [1.29, 1.82) is 0 Å².